The molecule has 0 saturated carbocycles. The molecule has 0 aliphatic heterocycles. The van der Waals surface area contributed by atoms with Gasteiger partial charge in [-0.2, -0.15) is 10.3 Å². The molecule has 0 amide bonds. The molecule has 1 heterocycles. The second-order valence-electron chi connectivity index (χ2n) is 4.87. The van der Waals surface area contributed by atoms with E-state index in [1.54, 1.807) is 19.1 Å². The molecule has 6 nitrogen and oxygen atoms in total. The molecule has 1 aromatic heterocycles. The van der Waals surface area contributed by atoms with Gasteiger partial charge in [0.15, 0.2) is 5.69 Å². The van der Waals surface area contributed by atoms with Crippen molar-refractivity contribution < 1.29 is 14.6 Å². The molecule has 0 bridgehead atoms. The van der Waals surface area contributed by atoms with Gasteiger partial charge in [0.2, 0.25) is 0 Å². The standard InChI is InChI=1S/C17H15N3O3/c1-2-23-17(22)16-15(18-20-19-16)13-5-3-4-12(10-13)11-6-8-14(21)9-7-11/h3-10,21H,2H2,1H3,(H,18,19,20). The smallest absolute Gasteiger partial charge is 0.361 e. The lowest BCUT2D eigenvalue weighted by Gasteiger charge is -2.05. The van der Waals surface area contributed by atoms with Crippen LogP contribution in [0.15, 0.2) is 48.5 Å². The molecule has 0 aliphatic rings. The number of esters is 1. The number of phenols is 1. The third-order valence-electron chi connectivity index (χ3n) is 3.35. The van der Waals surface area contributed by atoms with E-state index in [9.17, 15) is 9.90 Å². The summed E-state index contributed by atoms with van der Waals surface area (Å²) < 4.78 is 4.99. The van der Waals surface area contributed by atoms with Crippen LogP contribution in [0.5, 0.6) is 5.75 Å². The number of aromatic nitrogens is 3. The van der Waals surface area contributed by atoms with Crippen LogP contribution in [0, 0.1) is 0 Å². The number of benzene rings is 2. The highest BCUT2D eigenvalue weighted by Gasteiger charge is 2.19. The fraction of sp³-hybridized carbons (Fsp3) is 0.118. The van der Waals surface area contributed by atoms with Crippen molar-refractivity contribution in [3.63, 3.8) is 0 Å². The van der Waals surface area contributed by atoms with E-state index in [0.717, 1.165) is 16.7 Å². The maximum absolute atomic E-state index is 11.9. The number of aromatic amines is 1. The average molecular weight is 309 g/mol. The van der Waals surface area contributed by atoms with Gasteiger partial charge in [-0.15, -0.1) is 5.10 Å². The molecule has 0 radical (unpaired) electrons. The molecule has 0 spiro atoms. The lowest BCUT2D eigenvalue weighted by Crippen LogP contribution is -2.06. The number of hydrogen-bond acceptors (Lipinski definition) is 5. The summed E-state index contributed by atoms with van der Waals surface area (Å²) in [5, 5.41) is 19.8. The second kappa shape index (κ2) is 6.31. The first-order valence-electron chi connectivity index (χ1n) is 7.16. The number of aromatic hydroxyl groups is 1. The molecule has 0 fully saturated rings. The van der Waals surface area contributed by atoms with E-state index in [4.69, 9.17) is 4.74 Å². The third-order valence-corrected chi connectivity index (χ3v) is 3.35. The first kappa shape index (κ1) is 14.8. The van der Waals surface area contributed by atoms with Crippen LogP contribution in [0.4, 0.5) is 0 Å². The van der Waals surface area contributed by atoms with Crippen molar-refractivity contribution in [2.45, 2.75) is 6.92 Å². The van der Waals surface area contributed by atoms with E-state index >= 15 is 0 Å². The predicted octanol–water partition coefficient (Wildman–Crippen LogP) is 3.02. The Balaban J connectivity index is 1.99. The summed E-state index contributed by atoms with van der Waals surface area (Å²) in [5.41, 5.74) is 3.26. The topological polar surface area (TPSA) is 88.1 Å². The number of nitrogens with one attached hydrogen (secondary N) is 1. The number of carbonyl (C=O) groups is 1. The summed E-state index contributed by atoms with van der Waals surface area (Å²) in [5.74, 6) is -0.294. The lowest BCUT2D eigenvalue weighted by molar-refractivity contribution is 0.0520. The number of nitrogens with zero attached hydrogens (tertiary/aromatic N) is 2. The van der Waals surface area contributed by atoms with Crippen molar-refractivity contribution in [2.24, 2.45) is 0 Å². The van der Waals surface area contributed by atoms with Gasteiger partial charge >= 0.3 is 5.97 Å². The molecule has 116 valence electrons. The van der Waals surface area contributed by atoms with Crippen molar-refractivity contribution in [3.8, 4) is 28.1 Å². The molecule has 2 aromatic carbocycles. The van der Waals surface area contributed by atoms with Crippen molar-refractivity contribution in [1.82, 2.24) is 15.4 Å². The minimum Gasteiger partial charge on any atom is -0.508 e. The highest BCUT2D eigenvalue weighted by Crippen LogP contribution is 2.27. The van der Waals surface area contributed by atoms with Gasteiger partial charge in [-0.05, 0) is 36.2 Å². The number of rotatable bonds is 4. The molecule has 23 heavy (non-hydrogen) atoms. The number of ether oxygens (including phenoxy) is 1. The summed E-state index contributed by atoms with van der Waals surface area (Å²) >= 11 is 0. The summed E-state index contributed by atoms with van der Waals surface area (Å²) in [4.78, 5) is 11.9. The first-order valence-corrected chi connectivity index (χ1v) is 7.16. The molecule has 3 rings (SSSR count). The zero-order valence-electron chi connectivity index (χ0n) is 12.5. The van der Waals surface area contributed by atoms with Crippen LogP contribution in [0.25, 0.3) is 22.4 Å². The van der Waals surface area contributed by atoms with Crippen molar-refractivity contribution in [1.29, 1.82) is 0 Å². The van der Waals surface area contributed by atoms with Crippen LogP contribution >= 0.6 is 0 Å². The minimum atomic E-state index is -0.508. The van der Waals surface area contributed by atoms with Gasteiger partial charge in [-0.1, -0.05) is 30.3 Å². The van der Waals surface area contributed by atoms with Gasteiger partial charge in [-0.3, -0.25) is 0 Å². The maximum Gasteiger partial charge on any atom is 0.361 e. The van der Waals surface area contributed by atoms with E-state index < -0.39 is 5.97 Å². The van der Waals surface area contributed by atoms with Crippen LogP contribution in [0.2, 0.25) is 0 Å². The van der Waals surface area contributed by atoms with Gasteiger partial charge in [0, 0.05) is 5.56 Å². The fourth-order valence-electron chi connectivity index (χ4n) is 2.27. The number of carbonyl (C=O) groups excluding carboxylic acids is 1. The van der Waals surface area contributed by atoms with E-state index in [1.807, 2.05) is 36.4 Å². The molecular formula is C17H15N3O3. The molecule has 0 aliphatic carbocycles. The predicted molar refractivity (Wildman–Crippen MR) is 84.9 cm³/mol. The monoisotopic (exact) mass is 309 g/mol. The third kappa shape index (κ3) is 3.06. The van der Waals surface area contributed by atoms with Gasteiger partial charge in [0.25, 0.3) is 0 Å². The Bertz CT molecular complexity index is 825. The van der Waals surface area contributed by atoms with E-state index in [0.29, 0.717) is 5.69 Å². The highest BCUT2D eigenvalue weighted by atomic mass is 16.5. The molecule has 0 unspecified atom stereocenters. The Hall–Kier alpha value is -3.15. The summed E-state index contributed by atoms with van der Waals surface area (Å²) in [7, 11) is 0. The van der Waals surface area contributed by atoms with Crippen LogP contribution in [0.3, 0.4) is 0 Å². The molecular weight excluding hydrogens is 294 g/mol. The van der Waals surface area contributed by atoms with E-state index in [-0.39, 0.29) is 18.1 Å². The van der Waals surface area contributed by atoms with Crippen molar-refractivity contribution in [3.05, 3.63) is 54.2 Å². The molecule has 0 atom stereocenters. The Labute approximate surface area is 132 Å². The first-order chi connectivity index (χ1) is 11.2. The van der Waals surface area contributed by atoms with Crippen molar-refractivity contribution in [2.75, 3.05) is 6.61 Å². The zero-order valence-corrected chi connectivity index (χ0v) is 12.5. The fourth-order valence-corrected chi connectivity index (χ4v) is 2.27. The minimum absolute atomic E-state index is 0.162. The van der Waals surface area contributed by atoms with E-state index in [2.05, 4.69) is 15.4 Å². The Morgan fingerprint density at radius 2 is 1.83 bits per heavy atom. The molecule has 2 N–H and O–H groups in total. The summed E-state index contributed by atoms with van der Waals surface area (Å²) in [6, 6.07) is 14.5. The van der Waals surface area contributed by atoms with Gasteiger partial charge in [0.05, 0.1) is 6.61 Å². The quantitative estimate of drug-likeness (QED) is 0.723. The van der Waals surface area contributed by atoms with Crippen LogP contribution in [-0.4, -0.2) is 33.1 Å². The van der Waals surface area contributed by atoms with Crippen LogP contribution in [0.1, 0.15) is 17.4 Å². The summed E-state index contributed by atoms with van der Waals surface area (Å²) in [6.07, 6.45) is 0. The van der Waals surface area contributed by atoms with E-state index in [1.165, 1.54) is 0 Å². The number of H-pyrrole nitrogens is 1. The van der Waals surface area contributed by atoms with Gasteiger partial charge < -0.3 is 9.84 Å². The summed E-state index contributed by atoms with van der Waals surface area (Å²) in [6.45, 7) is 2.02. The number of hydrogen-bond donors (Lipinski definition) is 2. The molecule has 3 aromatic rings. The Kier molecular flexibility index (Phi) is 4.05. The van der Waals surface area contributed by atoms with Gasteiger partial charge in [-0.25, -0.2) is 4.79 Å². The second-order valence-corrected chi connectivity index (χ2v) is 4.87. The largest absolute Gasteiger partial charge is 0.508 e. The Morgan fingerprint density at radius 3 is 2.57 bits per heavy atom. The van der Waals surface area contributed by atoms with Crippen LogP contribution in [-0.2, 0) is 4.74 Å². The zero-order chi connectivity index (χ0) is 16.2. The number of phenolic OH excluding ortho intramolecular Hbond substituents is 1. The van der Waals surface area contributed by atoms with Gasteiger partial charge in [0.1, 0.15) is 11.4 Å². The molecule has 6 heteroatoms. The molecule has 0 saturated heterocycles. The average Bonchev–Trinajstić information content (AvgIpc) is 3.06. The highest BCUT2D eigenvalue weighted by molar-refractivity contribution is 5.94. The normalized spacial score (nSPS) is 10.5. The Morgan fingerprint density at radius 1 is 1.09 bits per heavy atom. The van der Waals surface area contributed by atoms with Crippen LogP contribution < -0.4 is 0 Å². The van der Waals surface area contributed by atoms with Crippen molar-refractivity contribution >= 4 is 5.97 Å². The lowest BCUT2D eigenvalue weighted by atomic mass is 10.0. The maximum atomic E-state index is 11.9. The SMILES string of the molecule is CCOC(=O)c1n[nH]nc1-c1cccc(-c2ccc(O)cc2)c1.